The first-order valence-electron chi connectivity index (χ1n) is 6.39. The Hall–Kier alpha value is -1.68. The molecule has 104 valence electrons. The highest BCUT2D eigenvalue weighted by Gasteiger charge is 2.19. The quantitative estimate of drug-likeness (QED) is 0.629. The van der Waals surface area contributed by atoms with Crippen molar-refractivity contribution in [3.05, 3.63) is 35.4 Å². The summed E-state index contributed by atoms with van der Waals surface area (Å²) in [6.45, 7) is 4.29. The second-order valence-electron chi connectivity index (χ2n) is 5.05. The Balaban J connectivity index is 2.69. The van der Waals surface area contributed by atoms with Crippen LogP contribution < -0.4 is 5.73 Å². The van der Waals surface area contributed by atoms with Crippen LogP contribution in [0.1, 0.15) is 36.2 Å². The van der Waals surface area contributed by atoms with Crippen molar-refractivity contribution in [2.75, 3.05) is 7.11 Å². The van der Waals surface area contributed by atoms with Gasteiger partial charge in [0.05, 0.1) is 19.6 Å². The molecule has 0 saturated heterocycles. The van der Waals surface area contributed by atoms with Crippen molar-refractivity contribution in [1.82, 2.24) is 0 Å². The molecule has 0 bridgehead atoms. The number of ketones is 1. The van der Waals surface area contributed by atoms with Gasteiger partial charge in [-0.05, 0) is 17.9 Å². The molecule has 4 heteroatoms. The molecule has 0 aliphatic heterocycles. The van der Waals surface area contributed by atoms with Crippen LogP contribution in [-0.2, 0) is 16.0 Å². The van der Waals surface area contributed by atoms with Crippen LogP contribution >= 0.6 is 0 Å². The number of Topliss-reactive ketones (excluding diaryl/α,β-unsaturated/α-hetero) is 1. The number of methoxy groups -OCH3 is 1. The van der Waals surface area contributed by atoms with E-state index >= 15 is 0 Å². The van der Waals surface area contributed by atoms with Gasteiger partial charge in [-0.2, -0.15) is 0 Å². The predicted molar refractivity (Wildman–Crippen MR) is 73.9 cm³/mol. The minimum atomic E-state index is -0.844. The van der Waals surface area contributed by atoms with E-state index in [1.807, 2.05) is 12.1 Å². The van der Waals surface area contributed by atoms with Crippen LogP contribution in [0.2, 0.25) is 0 Å². The smallest absolute Gasteiger partial charge is 0.307 e. The lowest BCUT2D eigenvalue weighted by Gasteiger charge is -2.10. The molecule has 0 aliphatic carbocycles. The molecule has 0 fully saturated rings. The molecule has 0 saturated carbocycles. The fraction of sp³-hybridized carbons (Fsp3) is 0.467. The molecule has 0 aliphatic rings. The van der Waals surface area contributed by atoms with Crippen molar-refractivity contribution in [3.8, 4) is 0 Å². The van der Waals surface area contributed by atoms with E-state index in [0.29, 0.717) is 11.5 Å². The standard InChI is InChI=1S/C15H21NO3/c1-10(2)8-11-4-6-12(7-5-11)15(18)13(16)9-14(17)19-3/h4-7,10,13H,8-9,16H2,1-3H3. The molecular weight excluding hydrogens is 242 g/mol. The molecule has 0 heterocycles. The summed E-state index contributed by atoms with van der Waals surface area (Å²) in [5, 5.41) is 0. The van der Waals surface area contributed by atoms with E-state index in [9.17, 15) is 9.59 Å². The van der Waals surface area contributed by atoms with E-state index in [-0.39, 0.29) is 12.2 Å². The first-order chi connectivity index (χ1) is 8.93. The zero-order valence-electron chi connectivity index (χ0n) is 11.7. The van der Waals surface area contributed by atoms with Gasteiger partial charge in [0.2, 0.25) is 0 Å². The van der Waals surface area contributed by atoms with Crippen molar-refractivity contribution >= 4 is 11.8 Å². The number of rotatable bonds is 6. The average molecular weight is 263 g/mol. The van der Waals surface area contributed by atoms with E-state index < -0.39 is 12.0 Å². The number of carbonyl (C=O) groups is 2. The van der Waals surface area contributed by atoms with Crippen molar-refractivity contribution in [1.29, 1.82) is 0 Å². The molecule has 2 N–H and O–H groups in total. The highest BCUT2D eigenvalue weighted by molar-refractivity contribution is 6.01. The molecule has 0 aromatic heterocycles. The van der Waals surface area contributed by atoms with Gasteiger partial charge >= 0.3 is 5.97 Å². The molecule has 0 amide bonds. The van der Waals surface area contributed by atoms with E-state index in [4.69, 9.17) is 5.73 Å². The zero-order valence-corrected chi connectivity index (χ0v) is 11.7. The maximum absolute atomic E-state index is 12.0. The number of ether oxygens (including phenoxy) is 1. The monoisotopic (exact) mass is 263 g/mol. The maximum atomic E-state index is 12.0. The van der Waals surface area contributed by atoms with Gasteiger partial charge in [0.15, 0.2) is 5.78 Å². The number of nitrogens with two attached hydrogens (primary N) is 1. The summed E-state index contributed by atoms with van der Waals surface area (Å²) in [4.78, 5) is 23.1. The van der Waals surface area contributed by atoms with Crippen LogP contribution in [0.4, 0.5) is 0 Å². The Morgan fingerprint density at radius 3 is 2.26 bits per heavy atom. The summed E-state index contributed by atoms with van der Waals surface area (Å²) in [7, 11) is 1.28. The predicted octanol–water partition coefficient (Wildman–Crippen LogP) is 1.96. The SMILES string of the molecule is COC(=O)CC(N)C(=O)c1ccc(CC(C)C)cc1. The molecule has 4 nitrogen and oxygen atoms in total. The minimum absolute atomic E-state index is 0.0942. The Bertz CT molecular complexity index is 437. The number of carbonyl (C=O) groups excluding carboxylic acids is 2. The summed E-state index contributed by atoms with van der Waals surface area (Å²) in [6.07, 6.45) is 0.881. The Morgan fingerprint density at radius 2 is 1.79 bits per heavy atom. The second-order valence-corrected chi connectivity index (χ2v) is 5.05. The highest BCUT2D eigenvalue weighted by Crippen LogP contribution is 2.11. The van der Waals surface area contributed by atoms with Crippen LogP contribution in [0.15, 0.2) is 24.3 Å². The molecule has 1 aromatic carbocycles. The van der Waals surface area contributed by atoms with Gasteiger partial charge in [-0.1, -0.05) is 38.1 Å². The Kier molecular flexibility index (Phi) is 5.70. The van der Waals surface area contributed by atoms with Crippen LogP contribution in [-0.4, -0.2) is 24.9 Å². The van der Waals surface area contributed by atoms with Gasteiger partial charge in [-0.15, -0.1) is 0 Å². The van der Waals surface area contributed by atoms with Crippen molar-refractivity contribution < 1.29 is 14.3 Å². The summed E-state index contributed by atoms with van der Waals surface area (Å²) in [6, 6.07) is 6.54. The third-order valence-corrected chi connectivity index (χ3v) is 2.83. The molecule has 0 spiro atoms. The largest absolute Gasteiger partial charge is 0.469 e. The molecule has 1 atom stereocenters. The van der Waals surface area contributed by atoms with Crippen molar-refractivity contribution in [3.63, 3.8) is 0 Å². The van der Waals surface area contributed by atoms with Gasteiger partial charge in [-0.25, -0.2) is 0 Å². The molecule has 1 aromatic rings. The second kappa shape index (κ2) is 7.04. The van der Waals surface area contributed by atoms with Gasteiger partial charge < -0.3 is 10.5 Å². The third kappa shape index (κ3) is 4.83. The Morgan fingerprint density at radius 1 is 1.21 bits per heavy atom. The fourth-order valence-electron chi connectivity index (χ4n) is 1.85. The highest BCUT2D eigenvalue weighted by atomic mass is 16.5. The Labute approximate surface area is 113 Å². The number of hydrogen-bond acceptors (Lipinski definition) is 4. The lowest BCUT2D eigenvalue weighted by Crippen LogP contribution is -2.33. The van der Waals surface area contributed by atoms with Gasteiger partial charge in [0.25, 0.3) is 0 Å². The number of benzene rings is 1. The number of esters is 1. The molecular formula is C15H21NO3. The van der Waals surface area contributed by atoms with Crippen LogP contribution in [0.5, 0.6) is 0 Å². The van der Waals surface area contributed by atoms with Crippen LogP contribution in [0, 0.1) is 5.92 Å². The first-order valence-corrected chi connectivity index (χ1v) is 6.39. The van der Waals surface area contributed by atoms with E-state index in [1.54, 1.807) is 12.1 Å². The summed E-state index contributed by atoms with van der Waals surface area (Å²) >= 11 is 0. The molecule has 1 unspecified atom stereocenters. The minimum Gasteiger partial charge on any atom is -0.469 e. The fourth-order valence-corrected chi connectivity index (χ4v) is 1.85. The van der Waals surface area contributed by atoms with E-state index in [0.717, 1.165) is 6.42 Å². The van der Waals surface area contributed by atoms with E-state index in [1.165, 1.54) is 12.7 Å². The van der Waals surface area contributed by atoms with Crippen molar-refractivity contribution in [2.24, 2.45) is 11.7 Å². The zero-order chi connectivity index (χ0) is 14.4. The summed E-state index contributed by atoms with van der Waals surface area (Å²) in [5.41, 5.74) is 7.41. The first kappa shape index (κ1) is 15.4. The maximum Gasteiger partial charge on any atom is 0.307 e. The number of hydrogen-bond donors (Lipinski definition) is 1. The van der Waals surface area contributed by atoms with Crippen LogP contribution in [0.25, 0.3) is 0 Å². The van der Waals surface area contributed by atoms with Gasteiger partial charge in [0, 0.05) is 5.56 Å². The summed E-state index contributed by atoms with van der Waals surface area (Å²) in [5.74, 6) is -0.137. The van der Waals surface area contributed by atoms with Crippen molar-refractivity contribution in [2.45, 2.75) is 32.7 Å². The summed E-state index contributed by atoms with van der Waals surface area (Å²) < 4.78 is 4.50. The topological polar surface area (TPSA) is 69.4 Å². The lowest BCUT2D eigenvalue weighted by atomic mass is 9.98. The van der Waals surface area contributed by atoms with E-state index in [2.05, 4.69) is 18.6 Å². The van der Waals surface area contributed by atoms with Gasteiger partial charge in [0.1, 0.15) is 0 Å². The third-order valence-electron chi connectivity index (χ3n) is 2.83. The van der Waals surface area contributed by atoms with Crippen LogP contribution in [0.3, 0.4) is 0 Å². The normalized spacial score (nSPS) is 12.3. The molecule has 1 rings (SSSR count). The molecule has 19 heavy (non-hydrogen) atoms. The lowest BCUT2D eigenvalue weighted by molar-refractivity contribution is -0.140. The average Bonchev–Trinajstić information content (AvgIpc) is 2.37. The molecule has 0 radical (unpaired) electrons. The van der Waals surface area contributed by atoms with Gasteiger partial charge in [-0.3, -0.25) is 9.59 Å².